The summed E-state index contributed by atoms with van der Waals surface area (Å²) in [6, 6.07) is 4.05. The van der Waals surface area contributed by atoms with Crippen molar-refractivity contribution in [3.8, 4) is 5.75 Å². The van der Waals surface area contributed by atoms with E-state index in [1.54, 1.807) is 0 Å². The largest absolute Gasteiger partial charge is 0.493 e. The van der Waals surface area contributed by atoms with E-state index in [2.05, 4.69) is 18.8 Å². The molecule has 0 unspecified atom stereocenters. The lowest BCUT2D eigenvalue weighted by atomic mass is 9.99. The molecule has 0 bridgehead atoms. The van der Waals surface area contributed by atoms with Crippen LogP contribution in [0.2, 0.25) is 0 Å². The molecular weight excluding hydrogens is 250 g/mol. The van der Waals surface area contributed by atoms with Gasteiger partial charge in [-0.25, -0.2) is 4.98 Å². The molecule has 108 valence electrons. The molecule has 0 fully saturated rings. The van der Waals surface area contributed by atoms with Crippen LogP contribution in [-0.2, 0) is 13.5 Å². The predicted octanol–water partition coefficient (Wildman–Crippen LogP) is 3.06. The number of nitrogens with two attached hydrogens (primary N) is 1. The van der Waals surface area contributed by atoms with Crippen LogP contribution in [0.15, 0.2) is 24.5 Å². The van der Waals surface area contributed by atoms with E-state index in [1.165, 1.54) is 0 Å². The molecule has 0 aliphatic heterocycles. The summed E-state index contributed by atoms with van der Waals surface area (Å²) in [5, 5.41) is 0. The lowest BCUT2D eigenvalue weighted by molar-refractivity contribution is 0.313. The SMILES string of the molecule is Cc1cc(OCCc2nccn2C)c(C(C)C)cc1N. The third-order valence-corrected chi connectivity index (χ3v) is 3.52. The number of benzene rings is 1. The van der Waals surface area contributed by atoms with Gasteiger partial charge in [-0.2, -0.15) is 0 Å². The normalized spacial score (nSPS) is 11.1. The Morgan fingerprint density at radius 1 is 1.35 bits per heavy atom. The Labute approximate surface area is 120 Å². The van der Waals surface area contributed by atoms with Crippen LogP contribution in [0.3, 0.4) is 0 Å². The van der Waals surface area contributed by atoms with Crippen LogP contribution in [-0.4, -0.2) is 16.2 Å². The van der Waals surface area contributed by atoms with Gasteiger partial charge in [-0.15, -0.1) is 0 Å². The van der Waals surface area contributed by atoms with Gasteiger partial charge in [-0.3, -0.25) is 0 Å². The van der Waals surface area contributed by atoms with E-state index in [9.17, 15) is 0 Å². The molecule has 1 aromatic heterocycles. The van der Waals surface area contributed by atoms with Gasteiger partial charge in [0.25, 0.3) is 0 Å². The fourth-order valence-electron chi connectivity index (χ4n) is 2.18. The second-order valence-corrected chi connectivity index (χ2v) is 5.45. The Morgan fingerprint density at radius 3 is 2.70 bits per heavy atom. The average Bonchev–Trinajstić information content (AvgIpc) is 2.79. The van der Waals surface area contributed by atoms with Gasteiger partial charge in [-0.05, 0) is 36.1 Å². The van der Waals surface area contributed by atoms with Crippen molar-refractivity contribution in [2.24, 2.45) is 7.05 Å². The highest BCUT2D eigenvalue weighted by Crippen LogP contribution is 2.31. The fourth-order valence-corrected chi connectivity index (χ4v) is 2.18. The number of rotatable bonds is 5. The molecule has 0 amide bonds. The van der Waals surface area contributed by atoms with Crippen LogP contribution in [0, 0.1) is 6.92 Å². The number of ether oxygens (including phenoxy) is 1. The number of hydrogen-bond acceptors (Lipinski definition) is 3. The van der Waals surface area contributed by atoms with E-state index < -0.39 is 0 Å². The van der Waals surface area contributed by atoms with Gasteiger partial charge in [0.15, 0.2) is 0 Å². The number of nitrogen functional groups attached to an aromatic ring is 1. The molecule has 1 heterocycles. The summed E-state index contributed by atoms with van der Waals surface area (Å²) in [6.45, 7) is 6.92. The number of nitrogens with zero attached hydrogens (tertiary/aromatic N) is 2. The van der Waals surface area contributed by atoms with Crippen LogP contribution in [0.4, 0.5) is 5.69 Å². The molecule has 0 radical (unpaired) electrons. The van der Waals surface area contributed by atoms with Gasteiger partial charge in [0.05, 0.1) is 6.61 Å². The zero-order valence-electron chi connectivity index (χ0n) is 12.7. The van der Waals surface area contributed by atoms with Gasteiger partial charge >= 0.3 is 0 Å². The molecule has 0 aliphatic rings. The van der Waals surface area contributed by atoms with Crippen molar-refractivity contribution in [2.75, 3.05) is 12.3 Å². The quantitative estimate of drug-likeness (QED) is 0.852. The molecule has 2 aromatic rings. The first-order chi connectivity index (χ1) is 9.49. The van der Waals surface area contributed by atoms with Crippen molar-refractivity contribution in [1.82, 2.24) is 9.55 Å². The zero-order valence-corrected chi connectivity index (χ0v) is 12.7. The lowest BCUT2D eigenvalue weighted by Crippen LogP contribution is -2.08. The molecule has 0 saturated carbocycles. The second-order valence-electron chi connectivity index (χ2n) is 5.45. The van der Waals surface area contributed by atoms with Crippen molar-refractivity contribution >= 4 is 5.69 Å². The monoisotopic (exact) mass is 273 g/mol. The van der Waals surface area contributed by atoms with Crippen molar-refractivity contribution in [3.05, 3.63) is 41.5 Å². The van der Waals surface area contributed by atoms with Gasteiger partial charge in [-0.1, -0.05) is 13.8 Å². The fraction of sp³-hybridized carbons (Fsp3) is 0.438. The van der Waals surface area contributed by atoms with Crippen LogP contribution < -0.4 is 10.5 Å². The average molecular weight is 273 g/mol. The molecule has 2 rings (SSSR count). The third-order valence-electron chi connectivity index (χ3n) is 3.52. The maximum absolute atomic E-state index is 5.98. The van der Waals surface area contributed by atoms with Crippen molar-refractivity contribution in [3.63, 3.8) is 0 Å². The first-order valence-electron chi connectivity index (χ1n) is 6.98. The van der Waals surface area contributed by atoms with Crippen LogP contribution >= 0.6 is 0 Å². The third kappa shape index (κ3) is 3.13. The summed E-state index contributed by atoms with van der Waals surface area (Å²) in [5.41, 5.74) is 9.03. The van der Waals surface area contributed by atoms with Crippen molar-refractivity contribution in [1.29, 1.82) is 0 Å². The standard InChI is InChI=1S/C16H23N3O/c1-11(2)13-10-14(17)12(3)9-15(13)20-8-5-16-18-6-7-19(16)4/h6-7,9-11H,5,8,17H2,1-4H3. The van der Waals surface area contributed by atoms with Gasteiger partial charge in [0, 0.05) is 31.5 Å². The highest BCUT2D eigenvalue weighted by atomic mass is 16.5. The van der Waals surface area contributed by atoms with E-state index in [1.807, 2.05) is 43.1 Å². The van der Waals surface area contributed by atoms with Crippen molar-refractivity contribution in [2.45, 2.75) is 33.1 Å². The van der Waals surface area contributed by atoms with Gasteiger partial charge < -0.3 is 15.0 Å². The molecule has 1 aromatic carbocycles. The molecule has 20 heavy (non-hydrogen) atoms. The molecule has 2 N–H and O–H groups in total. The first kappa shape index (κ1) is 14.4. The second kappa shape index (κ2) is 5.99. The van der Waals surface area contributed by atoms with Crippen LogP contribution in [0.5, 0.6) is 5.75 Å². The number of anilines is 1. The molecular formula is C16H23N3O. The van der Waals surface area contributed by atoms with E-state index in [4.69, 9.17) is 10.5 Å². The van der Waals surface area contributed by atoms with E-state index in [-0.39, 0.29) is 0 Å². The van der Waals surface area contributed by atoms with E-state index in [0.29, 0.717) is 12.5 Å². The smallest absolute Gasteiger partial charge is 0.123 e. The summed E-state index contributed by atoms with van der Waals surface area (Å²) >= 11 is 0. The van der Waals surface area contributed by atoms with Crippen LogP contribution in [0.25, 0.3) is 0 Å². The lowest BCUT2D eigenvalue weighted by Gasteiger charge is -2.16. The molecule has 0 saturated heterocycles. The summed E-state index contributed by atoms with van der Waals surface area (Å²) in [7, 11) is 2.00. The predicted molar refractivity (Wildman–Crippen MR) is 82.1 cm³/mol. The summed E-state index contributed by atoms with van der Waals surface area (Å²) in [5.74, 6) is 2.35. The van der Waals surface area contributed by atoms with Crippen molar-refractivity contribution < 1.29 is 4.74 Å². The Kier molecular flexibility index (Phi) is 4.32. The topological polar surface area (TPSA) is 53.1 Å². The Hall–Kier alpha value is -1.97. The number of aromatic nitrogens is 2. The highest BCUT2D eigenvalue weighted by molar-refractivity contribution is 5.55. The maximum Gasteiger partial charge on any atom is 0.123 e. The molecule has 0 atom stereocenters. The van der Waals surface area contributed by atoms with E-state index in [0.717, 1.165) is 34.8 Å². The molecule has 0 aliphatic carbocycles. The van der Waals surface area contributed by atoms with E-state index >= 15 is 0 Å². The Bertz CT molecular complexity index is 587. The highest BCUT2D eigenvalue weighted by Gasteiger charge is 2.11. The first-order valence-corrected chi connectivity index (χ1v) is 6.98. The molecule has 4 nitrogen and oxygen atoms in total. The number of imidazole rings is 1. The maximum atomic E-state index is 5.98. The molecule has 0 spiro atoms. The van der Waals surface area contributed by atoms with Crippen LogP contribution in [0.1, 0.15) is 36.7 Å². The Balaban J connectivity index is 2.09. The zero-order chi connectivity index (χ0) is 14.7. The Morgan fingerprint density at radius 2 is 2.10 bits per heavy atom. The minimum atomic E-state index is 0.390. The minimum absolute atomic E-state index is 0.390. The number of hydrogen-bond donors (Lipinski definition) is 1. The summed E-state index contributed by atoms with van der Waals surface area (Å²) in [6.07, 6.45) is 4.55. The molecule has 4 heteroatoms. The number of aryl methyl sites for hydroxylation is 2. The summed E-state index contributed by atoms with van der Waals surface area (Å²) in [4.78, 5) is 4.30. The minimum Gasteiger partial charge on any atom is -0.493 e. The summed E-state index contributed by atoms with van der Waals surface area (Å²) < 4.78 is 7.97. The van der Waals surface area contributed by atoms with Gasteiger partial charge in [0.1, 0.15) is 11.6 Å². The van der Waals surface area contributed by atoms with Gasteiger partial charge in [0.2, 0.25) is 0 Å².